The number of carbonyl (C=O) groups is 2. The van der Waals surface area contributed by atoms with Crippen LogP contribution in [0.3, 0.4) is 0 Å². The number of aryl methyl sites for hydroxylation is 1. The first-order valence-corrected chi connectivity index (χ1v) is 12.8. The van der Waals surface area contributed by atoms with Crippen molar-refractivity contribution < 1.29 is 14.3 Å². The summed E-state index contributed by atoms with van der Waals surface area (Å²) in [6, 6.07) is 25.1. The molecular weight excluding hydrogens is 450 g/mol. The van der Waals surface area contributed by atoms with Crippen LogP contribution < -0.4 is 15.4 Å². The molecule has 0 spiro atoms. The molecule has 3 aromatic carbocycles. The summed E-state index contributed by atoms with van der Waals surface area (Å²) in [5.74, 6) is 0.515. The lowest BCUT2D eigenvalue weighted by atomic mass is 10.1. The Balaban J connectivity index is 1.51. The molecule has 0 heterocycles. The van der Waals surface area contributed by atoms with Gasteiger partial charge in [0.15, 0.2) is 0 Å². The van der Waals surface area contributed by atoms with Crippen LogP contribution in [0, 0.1) is 0 Å². The molecule has 0 radical (unpaired) electrons. The predicted octanol–water partition coefficient (Wildman–Crippen LogP) is 6.01. The fourth-order valence-electron chi connectivity index (χ4n) is 3.99. The molecule has 6 heteroatoms. The molecule has 0 saturated carbocycles. The van der Waals surface area contributed by atoms with Crippen molar-refractivity contribution in [2.45, 2.75) is 39.5 Å². The zero-order chi connectivity index (χ0) is 25.6. The summed E-state index contributed by atoms with van der Waals surface area (Å²) in [5, 5.41) is 6.06. The maximum atomic E-state index is 12.9. The van der Waals surface area contributed by atoms with Gasteiger partial charge in [0.1, 0.15) is 5.75 Å². The molecule has 2 amide bonds. The van der Waals surface area contributed by atoms with E-state index in [-0.39, 0.29) is 18.4 Å². The Bertz CT molecular complexity index is 1100. The topological polar surface area (TPSA) is 70.7 Å². The molecule has 190 valence electrons. The van der Waals surface area contributed by atoms with Crippen LogP contribution in [-0.2, 0) is 11.2 Å². The molecule has 0 saturated heterocycles. The van der Waals surface area contributed by atoms with Crippen molar-refractivity contribution in [2.24, 2.45) is 0 Å². The summed E-state index contributed by atoms with van der Waals surface area (Å²) in [7, 11) is 0. The van der Waals surface area contributed by atoms with Crippen molar-refractivity contribution in [1.29, 1.82) is 0 Å². The van der Waals surface area contributed by atoms with Crippen LogP contribution in [0.5, 0.6) is 5.75 Å². The Labute approximate surface area is 214 Å². The van der Waals surface area contributed by atoms with Gasteiger partial charge in [0.2, 0.25) is 5.91 Å². The second-order valence-electron chi connectivity index (χ2n) is 8.71. The molecule has 0 aliphatic heterocycles. The molecule has 3 rings (SSSR count). The van der Waals surface area contributed by atoms with Gasteiger partial charge in [-0.2, -0.15) is 0 Å². The van der Waals surface area contributed by atoms with Crippen molar-refractivity contribution in [3.8, 4) is 5.75 Å². The van der Waals surface area contributed by atoms with E-state index < -0.39 is 0 Å². The maximum Gasteiger partial charge on any atom is 0.253 e. The summed E-state index contributed by atoms with van der Waals surface area (Å²) in [4.78, 5) is 27.4. The van der Waals surface area contributed by atoms with Gasteiger partial charge in [-0.3, -0.25) is 9.59 Å². The number of benzene rings is 3. The van der Waals surface area contributed by atoms with Crippen LogP contribution in [0.1, 0.15) is 49.0 Å². The highest BCUT2D eigenvalue weighted by atomic mass is 16.5. The molecule has 0 aliphatic rings. The predicted molar refractivity (Wildman–Crippen MR) is 147 cm³/mol. The fraction of sp³-hybridized carbons (Fsp3) is 0.333. The summed E-state index contributed by atoms with van der Waals surface area (Å²) in [6.07, 6.45) is 3.68. The first kappa shape index (κ1) is 26.8. The zero-order valence-electron chi connectivity index (χ0n) is 21.3. The summed E-state index contributed by atoms with van der Waals surface area (Å²) in [5.41, 5.74) is 3.24. The second kappa shape index (κ2) is 14.6. The average molecular weight is 488 g/mol. The van der Waals surface area contributed by atoms with Crippen LogP contribution in [0.25, 0.3) is 0 Å². The van der Waals surface area contributed by atoms with E-state index in [1.165, 1.54) is 5.56 Å². The molecule has 0 aliphatic carbocycles. The summed E-state index contributed by atoms with van der Waals surface area (Å²) < 4.78 is 5.98. The quantitative estimate of drug-likeness (QED) is 0.273. The van der Waals surface area contributed by atoms with Crippen LogP contribution in [0.4, 0.5) is 11.4 Å². The second-order valence-corrected chi connectivity index (χ2v) is 8.71. The van der Waals surface area contributed by atoms with Crippen LogP contribution in [-0.4, -0.2) is 43.0 Å². The van der Waals surface area contributed by atoms with E-state index in [0.29, 0.717) is 17.9 Å². The van der Waals surface area contributed by atoms with E-state index in [1.807, 2.05) is 47.4 Å². The lowest BCUT2D eigenvalue weighted by molar-refractivity contribution is -0.114. The molecule has 6 nitrogen and oxygen atoms in total. The lowest BCUT2D eigenvalue weighted by Gasteiger charge is -2.21. The maximum absolute atomic E-state index is 12.9. The minimum atomic E-state index is -0.197. The van der Waals surface area contributed by atoms with E-state index in [1.54, 1.807) is 24.3 Å². The van der Waals surface area contributed by atoms with Crippen molar-refractivity contribution in [2.75, 3.05) is 36.9 Å². The smallest absolute Gasteiger partial charge is 0.253 e. The molecule has 0 bridgehead atoms. The number of rotatable bonds is 14. The Morgan fingerprint density at radius 2 is 1.58 bits per heavy atom. The number of carbonyl (C=O) groups excluding carboxylic acids is 2. The molecule has 3 aromatic rings. The number of nitrogens with zero attached hydrogens (tertiary/aromatic N) is 1. The summed E-state index contributed by atoms with van der Waals surface area (Å²) in [6.45, 7) is 6.25. The van der Waals surface area contributed by atoms with Crippen molar-refractivity contribution in [1.82, 2.24) is 4.90 Å². The largest absolute Gasteiger partial charge is 0.491 e. The molecule has 36 heavy (non-hydrogen) atoms. The van der Waals surface area contributed by atoms with Gasteiger partial charge < -0.3 is 20.3 Å². The lowest BCUT2D eigenvalue weighted by Crippen LogP contribution is -2.32. The molecular formula is C30H37N3O3. The van der Waals surface area contributed by atoms with Gasteiger partial charge in [-0.05, 0) is 61.6 Å². The first-order valence-electron chi connectivity index (χ1n) is 12.8. The minimum Gasteiger partial charge on any atom is -0.491 e. The fourth-order valence-corrected chi connectivity index (χ4v) is 3.99. The average Bonchev–Trinajstić information content (AvgIpc) is 2.90. The monoisotopic (exact) mass is 487 g/mol. The number of amides is 2. The van der Waals surface area contributed by atoms with E-state index in [4.69, 9.17) is 4.74 Å². The number of para-hydroxylation sites is 2. The Hall–Kier alpha value is -3.80. The molecule has 0 unspecified atom stereocenters. The molecule has 2 N–H and O–H groups in total. The third-order valence-corrected chi connectivity index (χ3v) is 5.70. The first-order chi connectivity index (χ1) is 17.6. The van der Waals surface area contributed by atoms with Crippen LogP contribution in [0.2, 0.25) is 0 Å². The van der Waals surface area contributed by atoms with Crippen molar-refractivity contribution in [3.05, 3.63) is 90.0 Å². The minimum absolute atomic E-state index is 0.00809. The summed E-state index contributed by atoms with van der Waals surface area (Å²) >= 11 is 0. The Kier molecular flexibility index (Phi) is 10.8. The number of nitrogens with one attached hydrogen (secondary N) is 2. The van der Waals surface area contributed by atoms with Crippen LogP contribution >= 0.6 is 0 Å². The van der Waals surface area contributed by atoms with Crippen molar-refractivity contribution in [3.63, 3.8) is 0 Å². The molecule has 0 aromatic heterocycles. The SMILES string of the molecule is CCCN(CCC)C(=O)c1cccc(NC(=O)CNc2ccccc2OCCCc2ccccc2)c1. The van der Waals surface area contributed by atoms with E-state index >= 15 is 0 Å². The standard InChI is InChI=1S/C30H37N3O3/c1-3-19-33(20-4-2)30(35)25-15-10-16-26(22-25)32-29(34)23-31-27-17-8-9-18-28(27)36-21-11-14-24-12-6-5-7-13-24/h5-10,12-13,15-18,22,31H,3-4,11,14,19-21,23H2,1-2H3,(H,32,34). The van der Waals surface area contributed by atoms with E-state index in [0.717, 1.165) is 50.2 Å². The highest BCUT2D eigenvalue weighted by Gasteiger charge is 2.15. The Morgan fingerprint density at radius 1 is 0.861 bits per heavy atom. The van der Waals surface area contributed by atoms with Gasteiger partial charge in [-0.15, -0.1) is 0 Å². The molecule has 0 atom stereocenters. The third-order valence-electron chi connectivity index (χ3n) is 5.70. The number of ether oxygens (including phenoxy) is 1. The zero-order valence-corrected chi connectivity index (χ0v) is 21.3. The van der Waals surface area contributed by atoms with E-state index in [9.17, 15) is 9.59 Å². The van der Waals surface area contributed by atoms with Gasteiger partial charge >= 0.3 is 0 Å². The number of hydrogen-bond donors (Lipinski definition) is 2. The van der Waals surface area contributed by atoms with Gasteiger partial charge in [0.25, 0.3) is 5.91 Å². The van der Waals surface area contributed by atoms with Gasteiger partial charge in [0.05, 0.1) is 18.8 Å². The number of anilines is 2. The highest BCUT2D eigenvalue weighted by Crippen LogP contribution is 2.24. The number of hydrogen-bond acceptors (Lipinski definition) is 4. The van der Waals surface area contributed by atoms with Gasteiger partial charge in [-0.25, -0.2) is 0 Å². The van der Waals surface area contributed by atoms with Crippen molar-refractivity contribution >= 4 is 23.2 Å². The van der Waals surface area contributed by atoms with Gasteiger partial charge in [-0.1, -0.05) is 62.4 Å². The van der Waals surface area contributed by atoms with E-state index in [2.05, 4.69) is 36.6 Å². The Morgan fingerprint density at radius 3 is 2.33 bits per heavy atom. The highest BCUT2D eigenvalue weighted by molar-refractivity contribution is 5.98. The van der Waals surface area contributed by atoms with Crippen LogP contribution in [0.15, 0.2) is 78.9 Å². The molecule has 0 fully saturated rings. The third kappa shape index (κ3) is 8.45. The van der Waals surface area contributed by atoms with Gasteiger partial charge in [0, 0.05) is 24.3 Å². The normalized spacial score (nSPS) is 10.5.